The van der Waals surface area contributed by atoms with Crippen molar-refractivity contribution in [1.29, 1.82) is 0 Å². The smallest absolute Gasteiger partial charge is 0.138 e. The first kappa shape index (κ1) is 11.9. The molecule has 0 saturated heterocycles. The SMILES string of the molecule is COC(C1CCCCC1=O)[Si](C)(C)C. The first-order chi connectivity index (χ1) is 6.46. The lowest BCUT2D eigenvalue weighted by Gasteiger charge is -2.35. The molecule has 1 aliphatic carbocycles. The largest absolute Gasteiger partial charge is 0.384 e. The van der Waals surface area contributed by atoms with Gasteiger partial charge in [0.25, 0.3) is 0 Å². The predicted molar refractivity (Wildman–Crippen MR) is 61.1 cm³/mol. The molecule has 2 unspecified atom stereocenters. The van der Waals surface area contributed by atoms with E-state index in [-0.39, 0.29) is 11.6 Å². The summed E-state index contributed by atoms with van der Waals surface area (Å²) in [6.07, 6.45) is 4.09. The van der Waals surface area contributed by atoms with Gasteiger partial charge in [0.05, 0.1) is 13.8 Å². The van der Waals surface area contributed by atoms with Crippen molar-refractivity contribution in [2.24, 2.45) is 5.92 Å². The van der Waals surface area contributed by atoms with E-state index in [0.717, 1.165) is 19.3 Å². The van der Waals surface area contributed by atoms with Gasteiger partial charge in [-0.2, -0.15) is 0 Å². The highest BCUT2D eigenvalue weighted by atomic mass is 28.3. The lowest BCUT2D eigenvalue weighted by molar-refractivity contribution is -0.127. The molecule has 0 aliphatic heterocycles. The van der Waals surface area contributed by atoms with Gasteiger partial charge in [-0.3, -0.25) is 4.79 Å². The Labute approximate surface area is 88.0 Å². The van der Waals surface area contributed by atoms with E-state index in [1.54, 1.807) is 7.11 Å². The Morgan fingerprint density at radius 2 is 2.00 bits per heavy atom. The zero-order valence-electron chi connectivity index (χ0n) is 9.80. The van der Waals surface area contributed by atoms with Crippen molar-refractivity contribution >= 4 is 13.9 Å². The number of carbonyl (C=O) groups is 1. The molecule has 2 atom stereocenters. The molecule has 0 aromatic rings. The Balaban J connectivity index is 2.72. The molecule has 1 fully saturated rings. The summed E-state index contributed by atoms with van der Waals surface area (Å²) in [5.74, 6) is 0.631. The maximum Gasteiger partial charge on any atom is 0.138 e. The molecule has 0 amide bonds. The fourth-order valence-corrected chi connectivity index (χ4v) is 4.72. The molecule has 0 aromatic carbocycles. The molecule has 0 aromatic heterocycles. The minimum atomic E-state index is -1.36. The minimum absolute atomic E-state index is 0.195. The highest BCUT2D eigenvalue weighted by molar-refractivity contribution is 6.77. The molecule has 0 bridgehead atoms. The van der Waals surface area contributed by atoms with Gasteiger partial charge in [-0.05, 0) is 12.8 Å². The quantitative estimate of drug-likeness (QED) is 0.675. The van der Waals surface area contributed by atoms with E-state index in [1.807, 2.05) is 0 Å². The Morgan fingerprint density at radius 3 is 2.43 bits per heavy atom. The lowest BCUT2D eigenvalue weighted by atomic mass is 9.88. The van der Waals surface area contributed by atoms with Crippen molar-refractivity contribution in [3.8, 4) is 0 Å². The monoisotopic (exact) mass is 214 g/mol. The van der Waals surface area contributed by atoms with Crippen LogP contribution in [0.15, 0.2) is 0 Å². The molecule has 14 heavy (non-hydrogen) atoms. The van der Waals surface area contributed by atoms with Gasteiger partial charge in [-0.15, -0.1) is 0 Å². The number of ketones is 1. The van der Waals surface area contributed by atoms with Crippen LogP contribution in [-0.2, 0) is 9.53 Å². The summed E-state index contributed by atoms with van der Waals surface area (Å²) < 4.78 is 5.57. The third kappa shape index (κ3) is 2.67. The van der Waals surface area contributed by atoms with Crippen LogP contribution in [0.3, 0.4) is 0 Å². The van der Waals surface area contributed by atoms with Crippen LogP contribution in [0.1, 0.15) is 25.7 Å². The predicted octanol–water partition coefficient (Wildman–Crippen LogP) is 2.64. The number of hydrogen-bond donors (Lipinski definition) is 0. The highest BCUT2D eigenvalue weighted by Gasteiger charge is 2.38. The van der Waals surface area contributed by atoms with Crippen LogP contribution < -0.4 is 0 Å². The third-order valence-corrected chi connectivity index (χ3v) is 5.42. The Hall–Kier alpha value is -0.153. The summed E-state index contributed by atoms with van der Waals surface area (Å²) in [6.45, 7) is 6.84. The third-order valence-electron chi connectivity index (χ3n) is 3.07. The van der Waals surface area contributed by atoms with Crippen LogP contribution in [-0.4, -0.2) is 26.7 Å². The van der Waals surface area contributed by atoms with Crippen LogP contribution >= 0.6 is 0 Å². The Kier molecular flexibility index (Phi) is 3.90. The van der Waals surface area contributed by atoms with Crippen molar-refractivity contribution in [1.82, 2.24) is 0 Å². The second-order valence-corrected chi connectivity index (χ2v) is 10.6. The maximum absolute atomic E-state index is 11.8. The second kappa shape index (κ2) is 4.58. The molecule has 1 saturated carbocycles. The number of hydrogen-bond acceptors (Lipinski definition) is 2. The zero-order valence-corrected chi connectivity index (χ0v) is 10.8. The van der Waals surface area contributed by atoms with Gasteiger partial charge < -0.3 is 4.74 Å². The Bertz CT molecular complexity index is 208. The Morgan fingerprint density at radius 1 is 1.36 bits per heavy atom. The summed E-state index contributed by atoms with van der Waals surface area (Å²) in [7, 11) is 0.396. The number of rotatable bonds is 3. The second-order valence-electron chi connectivity index (χ2n) is 5.34. The zero-order chi connectivity index (χ0) is 10.8. The van der Waals surface area contributed by atoms with E-state index in [0.29, 0.717) is 5.78 Å². The fourth-order valence-electron chi connectivity index (χ4n) is 2.45. The van der Waals surface area contributed by atoms with Crippen LogP contribution in [0.4, 0.5) is 0 Å². The van der Waals surface area contributed by atoms with E-state index in [4.69, 9.17) is 4.74 Å². The van der Waals surface area contributed by atoms with E-state index < -0.39 is 8.07 Å². The summed E-state index contributed by atoms with van der Waals surface area (Å²) in [6, 6.07) is 0. The van der Waals surface area contributed by atoms with E-state index in [2.05, 4.69) is 19.6 Å². The molecule has 1 aliphatic rings. The summed E-state index contributed by atoms with van der Waals surface area (Å²) in [4.78, 5) is 11.8. The van der Waals surface area contributed by atoms with Gasteiger partial charge in [-0.1, -0.05) is 26.1 Å². The van der Waals surface area contributed by atoms with Gasteiger partial charge in [0.2, 0.25) is 0 Å². The summed E-state index contributed by atoms with van der Waals surface area (Å²) in [5.41, 5.74) is 0.218. The molecule has 0 radical (unpaired) electrons. The van der Waals surface area contributed by atoms with Gasteiger partial charge in [0, 0.05) is 19.4 Å². The van der Waals surface area contributed by atoms with Crippen molar-refractivity contribution in [2.45, 2.75) is 51.1 Å². The van der Waals surface area contributed by atoms with Crippen LogP contribution in [0, 0.1) is 5.92 Å². The molecule has 0 spiro atoms. The van der Waals surface area contributed by atoms with Crippen LogP contribution in [0.25, 0.3) is 0 Å². The molecule has 3 heteroatoms. The van der Waals surface area contributed by atoms with Gasteiger partial charge >= 0.3 is 0 Å². The molecule has 1 rings (SSSR count). The molecular weight excluding hydrogens is 192 g/mol. The number of carbonyl (C=O) groups excluding carboxylic acids is 1. The summed E-state index contributed by atoms with van der Waals surface area (Å²) >= 11 is 0. The van der Waals surface area contributed by atoms with Gasteiger partial charge in [-0.25, -0.2) is 0 Å². The molecular formula is C11H22O2Si. The van der Waals surface area contributed by atoms with Crippen molar-refractivity contribution in [3.05, 3.63) is 0 Å². The molecule has 0 N–H and O–H groups in total. The lowest BCUT2D eigenvalue weighted by Crippen LogP contribution is -2.48. The minimum Gasteiger partial charge on any atom is -0.384 e. The van der Waals surface area contributed by atoms with E-state index >= 15 is 0 Å². The highest BCUT2D eigenvalue weighted by Crippen LogP contribution is 2.29. The van der Waals surface area contributed by atoms with E-state index in [1.165, 1.54) is 6.42 Å². The van der Waals surface area contributed by atoms with E-state index in [9.17, 15) is 4.79 Å². The molecule has 82 valence electrons. The van der Waals surface area contributed by atoms with Gasteiger partial charge in [0.1, 0.15) is 5.78 Å². The van der Waals surface area contributed by atoms with Crippen LogP contribution in [0.5, 0.6) is 0 Å². The number of ether oxygens (including phenoxy) is 1. The van der Waals surface area contributed by atoms with Crippen molar-refractivity contribution in [3.63, 3.8) is 0 Å². The molecule has 0 heterocycles. The van der Waals surface area contributed by atoms with Gasteiger partial charge in [0.15, 0.2) is 0 Å². The van der Waals surface area contributed by atoms with Crippen LogP contribution in [0.2, 0.25) is 19.6 Å². The summed E-state index contributed by atoms with van der Waals surface area (Å²) in [5, 5.41) is 0. The average Bonchev–Trinajstić information content (AvgIpc) is 2.07. The fraction of sp³-hybridized carbons (Fsp3) is 0.909. The van der Waals surface area contributed by atoms with Crippen molar-refractivity contribution in [2.75, 3.05) is 7.11 Å². The first-order valence-corrected chi connectivity index (χ1v) is 9.10. The number of Topliss-reactive ketones (excluding diaryl/α,β-unsaturated/α-hetero) is 1. The first-order valence-electron chi connectivity index (χ1n) is 5.52. The maximum atomic E-state index is 11.8. The van der Waals surface area contributed by atoms with Crippen molar-refractivity contribution < 1.29 is 9.53 Å². The number of methoxy groups -OCH3 is 1. The standard InChI is InChI=1S/C11H22O2Si/c1-13-11(14(2,3)4)9-7-5-6-8-10(9)12/h9,11H,5-8H2,1-4H3. The molecule has 2 nitrogen and oxygen atoms in total. The normalized spacial score (nSPS) is 26.3. The average molecular weight is 214 g/mol. The topological polar surface area (TPSA) is 26.3 Å².